The minimum atomic E-state index is -0.980. The van der Waals surface area contributed by atoms with Crippen LogP contribution in [0.5, 0.6) is 5.75 Å². The first kappa shape index (κ1) is 18.1. The summed E-state index contributed by atoms with van der Waals surface area (Å²) >= 11 is 0. The summed E-state index contributed by atoms with van der Waals surface area (Å²) in [6, 6.07) is 16.5. The summed E-state index contributed by atoms with van der Waals surface area (Å²) in [4.78, 5) is 2.29. The summed E-state index contributed by atoms with van der Waals surface area (Å²) in [5.74, 6) is 2.12. The van der Waals surface area contributed by atoms with Crippen molar-refractivity contribution in [2.75, 3.05) is 24.6 Å². The van der Waals surface area contributed by atoms with Crippen LogP contribution in [0.3, 0.4) is 0 Å². The number of hydrogen-bond acceptors (Lipinski definition) is 3. The highest BCUT2D eigenvalue weighted by Crippen LogP contribution is 2.35. The number of amidine groups is 1. The summed E-state index contributed by atoms with van der Waals surface area (Å²) in [7, 11) is 0. The summed E-state index contributed by atoms with van der Waals surface area (Å²) in [6.07, 6.45) is 4.50. The standard InChI is InChI=1S/C23H29N2O2/c1-3-27-21-14-12-20(13-15-21)24-17-23(26,19-10-8-18(2)9-11-19)25-16-6-4-5-7-22(24)25/h8-15,26H,3-7,16-17H2,1-2H3/q+1. The Hall–Kier alpha value is -2.33. The molecule has 2 aliphatic rings. The molecule has 0 amide bonds. The Balaban J connectivity index is 1.73. The van der Waals surface area contributed by atoms with Gasteiger partial charge in [-0.3, -0.25) is 0 Å². The van der Waals surface area contributed by atoms with Crippen molar-refractivity contribution < 1.29 is 14.4 Å². The maximum Gasteiger partial charge on any atom is 0.271 e. The molecule has 0 saturated heterocycles. The summed E-state index contributed by atoms with van der Waals surface area (Å²) in [6.45, 7) is 6.20. The molecule has 0 aliphatic carbocycles. The summed E-state index contributed by atoms with van der Waals surface area (Å²) in [5, 5.41) is 11.8. The molecule has 1 atom stereocenters. The van der Waals surface area contributed by atoms with Crippen molar-refractivity contribution in [3.05, 3.63) is 59.7 Å². The highest BCUT2D eigenvalue weighted by Gasteiger charge is 2.51. The molecule has 0 bridgehead atoms. The lowest BCUT2D eigenvalue weighted by molar-refractivity contribution is -0.658. The van der Waals surface area contributed by atoms with Crippen LogP contribution in [0.15, 0.2) is 48.5 Å². The van der Waals surface area contributed by atoms with E-state index >= 15 is 0 Å². The zero-order chi connectivity index (χ0) is 18.9. The number of β-amino-alcohol motifs (C(OH)–C–C–N with tert-alkyl or cyclic N) is 1. The SMILES string of the molecule is CCOc1ccc(N2CC(O)(c3ccc(C)cc3)[N+]3=C2CCCCC3)cc1. The Morgan fingerprint density at radius 1 is 1.04 bits per heavy atom. The van der Waals surface area contributed by atoms with E-state index in [9.17, 15) is 5.11 Å². The second kappa shape index (κ2) is 7.35. The molecule has 27 heavy (non-hydrogen) atoms. The van der Waals surface area contributed by atoms with Gasteiger partial charge in [0.05, 0.1) is 13.2 Å². The Labute approximate surface area is 161 Å². The predicted octanol–water partition coefficient (Wildman–Crippen LogP) is 4.04. The van der Waals surface area contributed by atoms with Gasteiger partial charge in [-0.1, -0.05) is 29.8 Å². The first-order chi connectivity index (χ1) is 13.1. The minimum absolute atomic E-state index is 0.555. The number of nitrogens with zero attached hydrogens (tertiary/aromatic N) is 2. The molecule has 0 spiro atoms. The highest BCUT2D eigenvalue weighted by molar-refractivity contribution is 5.96. The van der Waals surface area contributed by atoms with Crippen molar-refractivity contribution in [2.24, 2.45) is 0 Å². The molecule has 1 unspecified atom stereocenters. The topological polar surface area (TPSA) is 35.7 Å². The zero-order valence-electron chi connectivity index (χ0n) is 16.3. The number of hydrogen-bond donors (Lipinski definition) is 1. The number of anilines is 1. The monoisotopic (exact) mass is 365 g/mol. The molecule has 0 radical (unpaired) electrons. The Kier molecular flexibility index (Phi) is 4.92. The van der Waals surface area contributed by atoms with Crippen LogP contribution in [0, 0.1) is 6.92 Å². The molecule has 142 valence electrons. The van der Waals surface area contributed by atoms with Gasteiger partial charge in [-0.2, -0.15) is 0 Å². The van der Waals surface area contributed by atoms with Gasteiger partial charge in [-0.15, -0.1) is 0 Å². The van der Waals surface area contributed by atoms with E-state index < -0.39 is 5.72 Å². The second-order valence-electron chi connectivity index (χ2n) is 7.57. The quantitative estimate of drug-likeness (QED) is 0.831. The number of ether oxygens (including phenoxy) is 1. The molecule has 2 heterocycles. The van der Waals surface area contributed by atoms with Gasteiger partial charge in [0.15, 0.2) is 6.54 Å². The molecule has 2 aliphatic heterocycles. The molecule has 4 rings (SSSR count). The predicted molar refractivity (Wildman–Crippen MR) is 109 cm³/mol. The maximum atomic E-state index is 11.8. The Bertz CT molecular complexity index is 826. The third-order valence-corrected chi connectivity index (χ3v) is 5.70. The average Bonchev–Trinajstić information content (AvgIpc) is 2.84. The molecule has 0 fully saturated rings. The van der Waals surface area contributed by atoms with Crippen molar-refractivity contribution in [2.45, 2.75) is 45.3 Å². The average molecular weight is 365 g/mol. The van der Waals surface area contributed by atoms with E-state index in [0.717, 1.165) is 36.4 Å². The molecule has 4 nitrogen and oxygen atoms in total. The van der Waals surface area contributed by atoms with Gasteiger partial charge in [-0.05, 0) is 57.4 Å². The fourth-order valence-electron chi connectivity index (χ4n) is 4.27. The van der Waals surface area contributed by atoms with Crippen molar-refractivity contribution in [3.8, 4) is 5.75 Å². The summed E-state index contributed by atoms with van der Waals surface area (Å²) < 4.78 is 7.82. The van der Waals surface area contributed by atoms with E-state index in [1.165, 1.54) is 24.2 Å². The van der Waals surface area contributed by atoms with Crippen molar-refractivity contribution in [3.63, 3.8) is 0 Å². The van der Waals surface area contributed by atoms with Crippen LogP contribution in [-0.2, 0) is 5.72 Å². The van der Waals surface area contributed by atoms with Gasteiger partial charge in [0, 0.05) is 12.0 Å². The van der Waals surface area contributed by atoms with E-state index in [1.807, 2.05) is 19.1 Å². The molecule has 2 aromatic carbocycles. The highest BCUT2D eigenvalue weighted by atomic mass is 16.5. The van der Waals surface area contributed by atoms with Gasteiger partial charge in [0.25, 0.3) is 11.6 Å². The normalized spacial score (nSPS) is 22.6. The largest absolute Gasteiger partial charge is 0.494 e. The number of rotatable bonds is 4. The van der Waals surface area contributed by atoms with Crippen LogP contribution in [0.1, 0.15) is 43.7 Å². The lowest BCUT2D eigenvalue weighted by atomic mass is 10.0. The Morgan fingerprint density at radius 3 is 2.48 bits per heavy atom. The molecular weight excluding hydrogens is 336 g/mol. The van der Waals surface area contributed by atoms with Gasteiger partial charge in [-0.25, -0.2) is 9.48 Å². The maximum absolute atomic E-state index is 11.8. The van der Waals surface area contributed by atoms with Crippen molar-refractivity contribution in [1.29, 1.82) is 0 Å². The van der Waals surface area contributed by atoms with E-state index in [0.29, 0.717) is 13.2 Å². The second-order valence-corrected chi connectivity index (χ2v) is 7.57. The van der Waals surface area contributed by atoms with Gasteiger partial charge < -0.3 is 9.84 Å². The van der Waals surface area contributed by atoms with Crippen LogP contribution in [0.2, 0.25) is 0 Å². The van der Waals surface area contributed by atoms with Gasteiger partial charge in [0.2, 0.25) is 0 Å². The third kappa shape index (κ3) is 3.34. The molecule has 1 N–H and O–H groups in total. The Morgan fingerprint density at radius 2 is 1.78 bits per heavy atom. The minimum Gasteiger partial charge on any atom is -0.494 e. The lowest BCUT2D eigenvalue weighted by Crippen LogP contribution is -2.41. The van der Waals surface area contributed by atoms with Crippen LogP contribution in [-0.4, -0.2) is 35.2 Å². The molecular formula is C23H29N2O2+. The molecule has 0 saturated carbocycles. The fraction of sp³-hybridized carbons (Fsp3) is 0.435. The van der Waals surface area contributed by atoms with Gasteiger partial charge >= 0.3 is 0 Å². The lowest BCUT2D eigenvalue weighted by Gasteiger charge is -2.23. The fourth-order valence-corrected chi connectivity index (χ4v) is 4.27. The van der Waals surface area contributed by atoms with Crippen LogP contribution in [0.4, 0.5) is 5.69 Å². The molecule has 2 aromatic rings. The van der Waals surface area contributed by atoms with Crippen molar-refractivity contribution in [1.82, 2.24) is 0 Å². The van der Waals surface area contributed by atoms with Gasteiger partial charge in [0.1, 0.15) is 11.4 Å². The van der Waals surface area contributed by atoms with E-state index in [-0.39, 0.29) is 0 Å². The van der Waals surface area contributed by atoms with E-state index in [4.69, 9.17) is 4.74 Å². The number of aryl methyl sites for hydroxylation is 1. The van der Waals surface area contributed by atoms with Crippen molar-refractivity contribution >= 4 is 11.5 Å². The molecule has 0 aromatic heterocycles. The van der Waals surface area contributed by atoms with E-state index in [2.05, 4.69) is 52.8 Å². The smallest absolute Gasteiger partial charge is 0.271 e. The zero-order valence-corrected chi connectivity index (χ0v) is 16.3. The van der Waals surface area contributed by atoms with Crippen LogP contribution in [0.25, 0.3) is 0 Å². The van der Waals surface area contributed by atoms with E-state index in [1.54, 1.807) is 0 Å². The summed E-state index contributed by atoms with van der Waals surface area (Å²) in [5.41, 5.74) is 2.32. The molecule has 4 heteroatoms. The number of aliphatic hydroxyl groups is 1. The number of benzene rings is 2. The first-order valence-electron chi connectivity index (χ1n) is 10.1. The van der Waals surface area contributed by atoms with Crippen LogP contribution < -0.4 is 9.64 Å². The van der Waals surface area contributed by atoms with Crippen LogP contribution >= 0.6 is 0 Å². The third-order valence-electron chi connectivity index (χ3n) is 5.70. The first-order valence-corrected chi connectivity index (χ1v) is 10.1.